The number of hydrogen-bond donors (Lipinski definition) is 1. The number of rotatable bonds is 6. The first-order valence-electron chi connectivity index (χ1n) is 7.25. The molecule has 1 saturated heterocycles. The van der Waals surface area contributed by atoms with Gasteiger partial charge in [-0.2, -0.15) is 0 Å². The van der Waals surface area contributed by atoms with Crippen LogP contribution in [0.3, 0.4) is 0 Å². The number of piperidine rings is 1. The minimum absolute atomic E-state index is 0.718. The minimum atomic E-state index is 0.718. The lowest BCUT2D eigenvalue weighted by molar-refractivity contribution is 0.160. The van der Waals surface area contributed by atoms with E-state index in [0.717, 1.165) is 24.4 Å². The average molecular weight is 224 g/mol. The van der Waals surface area contributed by atoms with E-state index in [1.807, 2.05) is 0 Å². The van der Waals surface area contributed by atoms with Crippen LogP contribution < -0.4 is 5.32 Å². The lowest BCUT2D eigenvalue weighted by Gasteiger charge is -2.35. The van der Waals surface area contributed by atoms with Crippen molar-refractivity contribution in [2.75, 3.05) is 26.2 Å². The summed E-state index contributed by atoms with van der Waals surface area (Å²) in [6, 6.07) is 0.718. The fourth-order valence-corrected chi connectivity index (χ4v) is 2.94. The van der Waals surface area contributed by atoms with E-state index in [9.17, 15) is 0 Å². The zero-order chi connectivity index (χ0) is 11.4. The molecular weight excluding hydrogens is 196 g/mol. The lowest BCUT2D eigenvalue weighted by atomic mass is 9.90. The Morgan fingerprint density at radius 2 is 1.88 bits per heavy atom. The number of nitrogens with zero attached hydrogens (tertiary/aromatic N) is 1. The fourth-order valence-electron chi connectivity index (χ4n) is 2.94. The van der Waals surface area contributed by atoms with E-state index in [2.05, 4.69) is 24.1 Å². The molecule has 2 nitrogen and oxygen atoms in total. The Morgan fingerprint density at radius 1 is 1.19 bits per heavy atom. The predicted molar refractivity (Wildman–Crippen MR) is 69.6 cm³/mol. The first kappa shape index (κ1) is 12.4. The third-order valence-corrected chi connectivity index (χ3v) is 4.42. The Labute approximate surface area is 101 Å². The molecule has 1 heterocycles. The zero-order valence-corrected chi connectivity index (χ0v) is 11.0. The van der Waals surface area contributed by atoms with Gasteiger partial charge in [-0.25, -0.2) is 0 Å². The van der Waals surface area contributed by atoms with Gasteiger partial charge in [0.1, 0.15) is 0 Å². The van der Waals surface area contributed by atoms with Crippen molar-refractivity contribution in [3.8, 4) is 0 Å². The molecule has 0 aromatic rings. The molecule has 0 aromatic carbocycles. The maximum atomic E-state index is 3.57. The van der Waals surface area contributed by atoms with Crippen molar-refractivity contribution in [3.63, 3.8) is 0 Å². The predicted octanol–water partition coefficient (Wildman–Crippen LogP) is 2.50. The Bertz CT molecular complexity index is 193. The average Bonchev–Trinajstić information content (AvgIpc) is 3.11. The van der Waals surface area contributed by atoms with Crippen LogP contribution in [0.4, 0.5) is 0 Å². The maximum Gasteiger partial charge on any atom is 0.00678 e. The second kappa shape index (κ2) is 6.02. The molecule has 0 bridgehead atoms. The van der Waals surface area contributed by atoms with Crippen molar-refractivity contribution in [1.82, 2.24) is 10.2 Å². The van der Waals surface area contributed by atoms with Crippen LogP contribution in [-0.4, -0.2) is 37.1 Å². The van der Waals surface area contributed by atoms with E-state index >= 15 is 0 Å². The molecule has 1 N–H and O–H groups in total. The van der Waals surface area contributed by atoms with Gasteiger partial charge in [0.25, 0.3) is 0 Å². The minimum Gasteiger partial charge on any atom is -0.314 e. The molecule has 1 saturated carbocycles. The van der Waals surface area contributed by atoms with Crippen molar-refractivity contribution in [3.05, 3.63) is 0 Å². The zero-order valence-electron chi connectivity index (χ0n) is 11.0. The summed E-state index contributed by atoms with van der Waals surface area (Å²) >= 11 is 0. The summed E-state index contributed by atoms with van der Waals surface area (Å²) in [6.07, 6.45) is 7.28. The van der Waals surface area contributed by atoms with E-state index in [1.54, 1.807) is 0 Å². The summed E-state index contributed by atoms with van der Waals surface area (Å²) < 4.78 is 0. The Kier molecular flexibility index (Phi) is 4.66. The van der Waals surface area contributed by atoms with E-state index in [-0.39, 0.29) is 0 Å². The molecule has 2 rings (SSSR count). The maximum absolute atomic E-state index is 3.57. The van der Waals surface area contributed by atoms with Gasteiger partial charge in [-0.1, -0.05) is 19.8 Å². The molecule has 2 heteroatoms. The second-order valence-corrected chi connectivity index (χ2v) is 5.76. The topological polar surface area (TPSA) is 15.3 Å². The highest BCUT2D eigenvalue weighted by Crippen LogP contribution is 2.33. The summed E-state index contributed by atoms with van der Waals surface area (Å²) in [5.41, 5.74) is 0. The van der Waals surface area contributed by atoms with Crippen molar-refractivity contribution in [2.24, 2.45) is 11.8 Å². The van der Waals surface area contributed by atoms with Gasteiger partial charge < -0.3 is 10.2 Å². The molecule has 1 aliphatic heterocycles. The van der Waals surface area contributed by atoms with Gasteiger partial charge >= 0.3 is 0 Å². The molecule has 1 aliphatic carbocycles. The number of hydrogen-bond acceptors (Lipinski definition) is 2. The Morgan fingerprint density at radius 3 is 2.44 bits per heavy atom. The summed E-state index contributed by atoms with van der Waals surface area (Å²) in [7, 11) is 0. The van der Waals surface area contributed by atoms with Gasteiger partial charge in [0.2, 0.25) is 0 Å². The van der Waals surface area contributed by atoms with Crippen LogP contribution in [0.25, 0.3) is 0 Å². The normalized spacial score (nSPS) is 25.9. The van der Waals surface area contributed by atoms with Gasteiger partial charge in [0.05, 0.1) is 0 Å². The van der Waals surface area contributed by atoms with Crippen LogP contribution in [0.1, 0.15) is 46.0 Å². The molecule has 1 atom stereocenters. The van der Waals surface area contributed by atoms with Gasteiger partial charge in [-0.05, 0) is 64.2 Å². The van der Waals surface area contributed by atoms with E-state index in [1.165, 1.54) is 51.7 Å². The van der Waals surface area contributed by atoms with Crippen molar-refractivity contribution in [1.29, 1.82) is 0 Å². The molecule has 2 aliphatic rings. The molecule has 1 unspecified atom stereocenters. The van der Waals surface area contributed by atoms with Crippen LogP contribution in [0.15, 0.2) is 0 Å². The Balaban J connectivity index is 1.61. The highest BCUT2D eigenvalue weighted by atomic mass is 15.1. The van der Waals surface area contributed by atoms with Crippen LogP contribution >= 0.6 is 0 Å². The van der Waals surface area contributed by atoms with E-state index < -0.39 is 0 Å². The lowest BCUT2D eigenvalue weighted by Crippen LogP contribution is -2.42. The van der Waals surface area contributed by atoms with Gasteiger partial charge in [-0.15, -0.1) is 0 Å². The van der Waals surface area contributed by atoms with Crippen molar-refractivity contribution >= 4 is 0 Å². The summed E-state index contributed by atoms with van der Waals surface area (Å²) in [5, 5.41) is 3.57. The SMILES string of the molecule is CCNC(C)C1CCN(CCC2CC2)CC1. The molecule has 0 amide bonds. The Hall–Kier alpha value is -0.0800. The summed E-state index contributed by atoms with van der Waals surface area (Å²) in [4.78, 5) is 2.69. The van der Waals surface area contributed by atoms with Crippen molar-refractivity contribution < 1.29 is 0 Å². The quantitative estimate of drug-likeness (QED) is 0.746. The standard InChI is InChI=1S/C14H28N2/c1-3-15-12(2)14-7-10-16(11-8-14)9-6-13-4-5-13/h12-15H,3-11H2,1-2H3. The van der Waals surface area contributed by atoms with Crippen LogP contribution in [0.5, 0.6) is 0 Å². The molecule has 2 fully saturated rings. The molecule has 0 aromatic heterocycles. The monoisotopic (exact) mass is 224 g/mol. The fraction of sp³-hybridized carbons (Fsp3) is 1.00. The third-order valence-electron chi connectivity index (χ3n) is 4.42. The van der Waals surface area contributed by atoms with Crippen LogP contribution in [0, 0.1) is 11.8 Å². The molecular formula is C14H28N2. The van der Waals surface area contributed by atoms with E-state index in [0.29, 0.717) is 0 Å². The first-order valence-corrected chi connectivity index (χ1v) is 7.25. The molecule has 0 spiro atoms. The molecule has 16 heavy (non-hydrogen) atoms. The van der Waals surface area contributed by atoms with Gasteiger partial charge in [0.15, 0.2) is 0 Å². The largest absolute Gasteiger partial charge is 0.314 e. The number of likely N-dealkylation sites (tertiary alicyclic amines) is 1. The summed E-state index contributed by atoms with van der Waals surface area (Å²) in [5.74, 6) is 2.01. The molecule has 0 radical (unpaired) electrons. The van der Waals surface area contributed by atoms with Crippen LogP contribution in [-0.2, 0) is 0 Å². The smallest absolute Gasteiger partial charge is 0.00678 e. The van der Waals surface area contributed by atoms with E-state index in [4.69, 9.17) is 0 Å². The highest BCUT2D eigenvalue weighted by Gasteiger charge is 2.25. The van der Waals surface area contributed by atoms with Crippen molar-refractivity contribution in [2.45, 2.75) is 52.0 Å². The van der Waals surface area contributed by atoms with Gasteiger partial charge in [0, 0.05) is 6.04 Å². The second-order valence-electron chi connectivity index (χ2n) is 5.76. The van der Waals surface area contributed by atoms with Crippen LogP contribution in [0.2, 0.25) is 0 Å². The molecule has 94 valence electrons. The summed E-state index contributed by atoms with van der Waals surface area (Å²) in [6.45, 7) is 9.73. The number of nitrogens with one attached hydrogen (secondary N) is 1. The first-order chi connectivity index (χ1) is 7.79. The highest BCUT2D eigenvalue weighted by molar-refractivity contribution is 4.81. The van der Waals surface area contributed by atoms with Gasteiger partial charge in [-0.3, -0.25) is 0 Å². The third kappa shape index (κ3) is 3.74.